The van der Waals surface area contributed by atoms with E-state index in [0.717, 1.165) is 23.3 Å². The van der Waals surface area contributed by atoms with E-state index in [9.17, 15) is 4.21 Å². The van der Waals surface area contributed by atoms with Crippen LogP contribution in [0.15, 0.2) is 47.6 Å². The summed E-state index contributed by atoms with van der Waals surface area (Å²) < 4.78 is 17.2. The normalized spacial score (nSPS) is 12.1. The molecule has 1 aromatic heterocycles. The first kappa shape index (κ1) is 13.7. The van der Waals surface area contributed by atoms with Gasteiger partial charge >= 0.3 is 0 Å². The lowest BCUT2D eigenvalue weighted by Crippen LogP contribution is -2.03. The van der Waals surface area contributed by atoms with Crippen molar-refractivity contribution in [2.45, 2.75) is 18.4 Å². The molecule has 0 saturated carbocycles. The Kier molecular flexibility index (Phi) is 4.68. The van der Waals surface area contributed by atoms with E-state index in [1.807, 2.05) is 43.3 Å². The van der Waals surface area contributed by atoms with Crippen LogP contribution in [0.3, 0.4) is 0 Å². The number of ether oxygens (including phenoxy) is 1. The van der Waals surface area contributed by atoms with Gasteiger partial charge in [-0.25, -0.2) is 4.98 Å². The van der Waals surface area contributed by atoms with Gasteiger partial charge in [-0.15, -0.1) is 0 Å². The maximum Gasteiger partial charge on any atom is 0.127 e. The Morgan fingerprint density at radius 1 is 1.16 bits per heavy atom. The summed E-state index contributed by atoms with van der Waals surface area (Å²) in [5, 5.41) is 0.652. The Labute approximate surface area is 116 Å². The molecule has 4 heteroatoms. The zero-order valence-electron chi connectivity index (χ0n) is 11.1. The number of hydrogen-bond donors (Lipinski definition) is 0. The second-order valence-corrected chi connectivity index (χ2v) is 5.84. The predicted molar refractivity (Wildman–Crippen MR) is 76.9 cm³/mol. The fraction of sp³-hybridized carbons (Fsp3) is 0.267. The molecule has 2 aromatic rings. The minimum Gasteiger partial charge on any atom is -0.497 e. The van der Waals surface area contributed by atoms with Crippen molar-refractivity contribution >= 4 is 10.8 Å². The van der Waals surface area contributed by atoms with Crippen molar-refractivity contribution in [3.8, 4) is 5.75 Å². The summed E-state index contributed by atoms with van der Waals surface area (Å²) in [6.45, 7) is 1.97. The van der Waals surface area contributed by atoms with Gasteiger partial charge in [0.05, 0.1) is 17.9 Å². The first-order chi connectivity index (χ1) is 9.19. The first-order valence-electron chi connectivity index (χ1n) is 6.13. The van der Waals surface area contributed by atoms with Crippen LogP contribution in [-0.4, -0.2) is 22.1 Å². The fourth-order valence-electron chi connectivity index (χ4n) is 1.70. The fourth-order valence-corrected chi connectivity index (χ4v) is 2.72. The molecule has 100 valence electrons. The lowest BCUT2D eigenvalue weighted by Gasteiger charge is -2.04. The van der Waals surface area contributed by atoms with Crippen LogP contribution in [0.1, 0.15) is 11.1 Å². The van der Waals surface area contributed by atoms with E-state index in [4.69, 9.17) is 4.74 Å². The monoisotopic (exact) mass is 275 g/mol. The average Bonchev–Trinajstić information content (AvgIpc) is 2.46. The van der Waals surface area contributed by atoms with Gasteiger partial charge in [-0.1, -0.05) is 18.2 Å². The van der Waals surface area contributed by atoms with Gasteiger partial charge < -0.3 is 4.74 Å². The van der Waals surface area contributed by atoms with Crippen LogP contribution < -0.4 is 4.74 Å². The summed E-state index contributed by atoms with van der Waals surface area (Å²) >= 11 is 0. The van der Waals surface area contributed by atoms with Crippen molar-refractivity contribution in [2.24, 2.45) is 0 Å². The standard InChI is InChI=1S/C15H17NO2S/c1-12-3-8-15(16-11-12)19(17)10-9-13-4-6-14(18-2)7-5-13/h3-8,11H,9-10H2,1-2H3/t19-/m1/s1. The predicted octanol–water partition coefficient (Wildman–Crippen LogP) is 2.75. The van der Waals surface area contributed by atoms with Crippen LogP contribution in [0.4, 0.5) is 0 Å². The molecule has 0 radical (unpaired) electrons. The molecule has 0 fully saturated rings. The number of pyridine rings is 1. The largest absolute Gasteiger partial charge is 0.497 e. The third kappa shape index (κ3) is 3.89. The van der Waals surface area contributed by atoms with Gasteiger partial charge in [-0.2, -0.15) is 0 Å². The minimum atomic E-state index is -1.04. The van der Waals surface area contributed by atoms with E-state index in [1.165, 1.54) is 0 Å². The Morgan fingerprint density at radius 3 is 2.47 bits per heavy atom. The van der Waals surface area contributed by atoms with Crippen molar-refractivity contribution in [1.29, 1.82) is 0 Å². The third-order valence-corrected chi connectivity index (χ3v) is 4.14. The quantitative estimate of drug-likeness (QED) is 0.842. The Morgan fingerprint density at radius 2 is 1.89 bits per heavy atom. The first-order valence-corrected chi connectivity index (χ1v) is 7.45. The van der Waals surface area contributed by atoms with Crippen LogP contribution in [-0.2, 0) is 17.2 Å². The summed E-state index contributed by atoms with van der Waals surface area (Å²) in [5.74, 6) is 1.42. The molecule has 2 rings (SSSR count). The van der Waals surface area contributed by atoms with Gasteiger partial charge in [0.2, 0.25) is 0 Å². The molecule has 0 unspecified atom stereocenters. The van der Waals surface area contributed by atoms with Crippen molar-refractivity contribution in [1.82, 2.24) is 4.98 Å². The zero-order valence-corrected chi connectivity index (χ0v) is 11.9. The molecule has 0 N–H and O–H groups in total. The molecule has 19 heavy (non-hydrogen) atoms. The molecule has 3 nitrogen and oxygen atoms in total. The lowest BCUT2D eigenvalue weighted by molar-refractivity contribution is 0.414. The second-order valence-electron chi connectivity index (χ2n) is 4.32. The number of aryl methyl sites for hydroxylation is 2. The van der Waals surface area contributed by atoms with Gasteiger partial charge in [0.25, 0.3) is 0 Å². The van der Waals surface area contributed by atoms with Gasteiger partial charge in [-0.3, -0.25) is 4.21 Å². The Hall–Kier alpha value is -1.68. The third-order valence-electron chi connectivity index (χ3n) is 2.85. The summed E-state index contributed by atoms with van der Waals surface area (Å²) in [6.07, 6.45) is 2.52. The van der Waals surface area contributed by atoms with Crippen LogP contribution in [0.2, 0.25) is 0 Å². The molecule has 0 saturated heterocycles. The summed E-state index contributed by atoms with van der Waals surface area (Å²) in [5.41, 5.74) is 2.23. The van der Waals surface area contributed by atoms with Crippen LogP contribution in [0.5, 0.6) is 5.75 Å². The minimum absolute atomic E-state index is 0.586. The highest BCUT2D eigenvalue weighted by molar-refractivity contribution is 7.84. The van der Waals surface area contributed by atoms with Gasteiger partial charge in [-0.05, 0) is 42.7 Å². The maximum atomic E-state index is 12.1. The summed E-state index contributed by atoms with van der Waals surface area (Å²) in [4.78, 5) is 4.20. The van der Waals surface area contributed by atoms with E-state index >= 15 is 0 Å². The number of nitrogens with zero attached hydrogens (tertiary/aromatic N) is 1. The van der Waals surface area contributed by atoms with E-state index in [0.29, 0.717) is 10.8 Å². The van der Waals surface area contributed by atoms with Crippen molar-refractivity contribution in [3.63, 3.8) is 0 Å². The smallest absolute Gasteiger partial charge is 0.127 e. The number of methoxy groups -OCH3 is 1. The molecule has 1 atom stereocenters. The number of rotatable bonds is 5. The molecule has 0 amide bonds. The van der Waals surface area contributed by atoms with E-state index in [-0.39, 0.29) is 0 Å². The molecule has 0 aliphatic rings. The highest BCUT2D eigenvalue weighted by atomic mass is 32.2. The van der Waals surface area contributed by atoms with Crippen molar-refractivity contribution < 1.29 is 8.95 Å². The highest BCUT2D eigenvalue weighted by Crippen LogP contribution is 2.13. The number of hydrogen-bond acceptors (Lipinski definition) is 3. The molecule has 1 aromatic carbocycles. The van der Waals surface area contributed by atoms with Gasteiger partial charge in [0.1, 0.15) is 10.8 Å². The highest BCUT2D eigenvalue weighted by Gasteiger charge is 2.05. The molecule has 1 heterocycles. The van der Waals surface area contributed by atoms with E-state index in [1.54, 1.807) is 13.3 Å². The maximum absolute atomic E-state index is 12.1. The average molecular weight is 275 g/mol. The van der Waals surface area contributed by atoms with Crippen LogP contribution in [0.25, 0.3) is 0 Å². The molecule has 0 aliphatic heterocycles. The summed E-state index contributed by atoms with van der Waals surface area (Å²) in [7, 11) is 0.604. The van der Waals surface area contributed by atoms with Crippen molar-refractivity contribution in [2.75, 3.05) is 12.9 Å². The topological polar surface area (TPSA) is 39.2 Å². The molecular formula is C15H17NO2S. The van der Waals surface area contributed by atoms with Gasteiger partial charge in [0.15, 0.2) is 0 Å². The van der Waals surface area contributed by atoms with Crippen molar-refractivity contribution in [3.05, 3.63) is 53.7 Å². The van der Waals surface area contributed by atoms with Crippen LogP contribution in [0, 0.1) is 6.92 Å². The SMILES string of the molecule is COc1ccc(CC[S@@](=O)c2ccc(C)cn2)cc1. The number of aromatic nitrogens is 1. The van der Waals surface area contributed by atoms with E-state index < -0.39 is 10.8 Å². The summed E-state index contributed by atoms with van der Waals surface area (Å²) in [6, 6.07) is 11.6. The lowest BCUT2D eigenvalue weighted by atomic mass is 10.2. The van der Waals surface area contributed by atoms with Gasteiger partial charge in [0, 0.05) is 11.9 Å². The Balaban J connectivity index is 1.94. The zero-order chi connectivity index (χ0) is 13.7. The molecule has 0 spiro atoms. The molecule has 0 bridgehead atoms. The molecular weight excluding hydrogens is 258 g/mol. The molecule has 0 aliphatic carbocycles. The van der Waals surface area contributed by atoms with E-state index in [2.05, 4.69) is 4.98 Å². The second kappa shape index (κ2) is 6.48. The number of benzene rings is 1. The Bertz CT molecular complexity index is 549. The van der Waals surface area contributed by atoms with Crippen LogP contribution >= 0.6 is 0 Å².